The summed E-state index contributed by atoms with van der Waals surface area (Å²) in [4.78, 5) is 15.1. The Hall–Kier alpha value is -2.30. The zero-order valence-electron chi connectivity index (χ0n) is 13.8. The summed E-state index contributed by atoms with van der Waals surface area (Å²) in [6, 6.07) is 10.3. The van der Waals surface area contributed by atoms with Crippen LogP contribution in [0.5, 0.6) is 0 Å². The molecule has 126 valence electrons. The van der Waals surface area contributed by atoms with E-state index in [9.17, 15) is 0 Å². The number of hydrogen-bond donors (Lipinski definition) is 0. The molecule has 0 spiro atoms. The molecule has 4 heterocycles. The Morgan fingerprint density at radius 2 is 1.88 bits per heavy atom. The Labute approximate surface area is 152 Å². The van der Waals surface area contributed by atoms with Crippen LogP contribution in [0.3, 0.4) is 0 Å². The lowest BCUT2D eigenvalue weighted by Crippen LogP contribution is -2.20. The van der Waals surface area contributed by atoms with Crippen molar-refractivity contribution in [1.29, 1.82) is 0 Å². The van der Waals surface area contributed by atoms with E-state index in [1.807, 2.05) is 24.4 Å². The number of halogens is 1. The zero-order chi connectivity index (χ0) is 17.1. The number of hydrogen-bond acceptors (Lipinski definition) is 4. The molecule has 0 N–H and O–H groups in total. The molecular weight excluding hydrogens is 332 g/mol. The Morgan fingerprint density at radius 1 is 1.04 bits per heavy atom. The fraction of sp³-hybridized carbons (Fsp3) is 0.250. The van der Waals surface area contributed by atoms with E-state index in [-0.39, 0.29) is 0 Å². The lowest BCUT2D eigenvalue weighted by Gasteiger charge is -2.17. The van der Waals surface area contributed by atoms with Crippen LogP contribution in [0.4, 0.5) is 0 Å². The second-order valence-corrected chi connectivity index (χ2v) is 6.81. The van der Waals surface area contributed by atoms with Gasteiger partial charge in [0.05, 0.1) is 10.7 Å². The highest BCUT2D eigenvalue weighted by Crippen LogP contribution is 2.30. The molecule has 5 heteroatoms. The van der Waals surface area contributed by atoms with Crippen LogP contribution in [0.1, 0.15) is 23.5 Å². The summed E-state index contributed by atoms with van der Waals surface area (Å²) in [7, 11) is 0. The van der Waals surface area contributed by atoms with Crippen molar-refractivity contribution < 1.29 is 0 Å². The van der Waals surface area contributed by atoms with Gasteiger partial charge in [0.1, 0.15) is 0 Å². The van der Waals surface area contributed by atoms with Gasteiger partial charge >= 0.3 is 0 Å². The van der Waals surface area contributed by atoms with E-state index in [1.165, 1.54) is 5.56 Å². The SMILES string of the molecule is Clc1cnccc1CN1CC[C@H](c2ccnc(-c3ccncc3)c2)C1. The van der Waals surface area contributed by atoms with Crippen molar-refractivity contribution in [3.63, 3.8) is 0 Å². The van der Waals surface area contributed by atoms with Crippen LogP contribution in [0.25, 0.3) is 11.3 Å². The van der Waals surface area contributed by atoms with Gasteiger partial charge in [-0.3, -0.25) is 19.9 Å². The first-order chi connectivity index (χ1) is 12.3. The topological polar surface area (TPSA) is 41.9 Å². The molecule has 0 radical (unpaired) electrons. The van der Waals surface area contributed by atoms with Crippen LogP contribution < -0.4 is 0 Å². The second-order valence-electron chi connectivity index (χ2n) is 6.40. The lowest BCUT2D eigenvalue weighted by atomic mass is 9.97. The molecule has 0 aliphatic carbocycles. The Kier molecular flexibility index (Phi) is 4.72. The molecule has 25 heavy (non-hydrogen) atoms. The molecule has 3 aromatic rings. The van der Waals surface area contributed by atoms with Gasteiger partial charge in [-0.25, -0.2) is 0 Å². The molecule has 0 amide bonds. The molecule has 1 atom stereocenters. The summed E-state index contributed by atoms with van der Waals surface area (Å²) in [5, 5.41) is 0.745. The fourth-order valence-electron chi connectivity index (χ4n) is 3.40. The summed E-state index contributed by atoms with van der Waals surface area (Å²) >= 11 is 6.24. The first-order valence-corrected chi connectivity index (χ1v) is 8.84. The number of rotatable bonds is 4. The normalized spacial score (nSPS) is 17.7. The van der Waals surface area contributed by atoms with E-state index in [2.05, 4.69) is 32.0 Å². The molecule has 0 saturated carbocycles. The maximum absolute atomic E-state index is 6.24. The summed E-state index contributed by atoms with van der Waals surface area (Å²) in [6.07, 6.45) is 10.2. The maximum atomic E-state index is 6.24. The maximum Gasteiger partial charge on any atom is 0.0705 e. The minimum Gasteiger partial charge on any atom is -0.298 e. The second kappa shape index (κ2) is 7.30. The summed E-state index contributed by atoms with van der Waals surface area (Å²) in [6.45, 7) is 2.99. The zero-order valence-corrected chi connectivity index (χ0v) is 14.6. The van der Waals surface area contributed by atoms with Crippen LogP contribution in [0.15, 0.2) is 61.3 Å². The summed E-state index contributed by atoms with van der Waals surface area (Å²) in [5.41, 5.74) is 4.61. The van der Waals surface area contributed by atoms with Gasteiger partial charge in [-0.05, 0) is 60.3 Å². The summed E-state index contributed by atoms with van der Waals surface area (Å²) in [5.74, 6) is 0.532. The van der Waals surface area contributed by atoms with E-state index in [4.69, 9.17) is 11.6 Å². The van der Waals surface area contributed by atoms with Gasteiger partial charge in [-0.2, -0.15) is 0 Å². The monoisotopic (exact) mass is 350 g/mol. The molecule has 1 aliphatic heterocycles. The van der Waals surface area contributed by atoms with Gasteiger partial charge in [-0.15, -0.1) is 0 Å². The van der Waals surface area contributed by atoms with Crippen molar-refractivity contribution in [2.75, 3.05) is 13.1 Å². The van der Waals surface area contributed by atoms with Crippen LogP contribution in [-0.2, 0) is 6.54 Å². The highest BCUT2D eigenvalue weighted by atomic mass is 35.5. The van der Waals surface area contributed by atoms with Crippen LogP contribution in [0.2, 0.25) is 5.02 Å². The molecule has 4 nitrogen and oxygen atoms in total. The highest BCUT2D eigenvalue weighted by molar-refractivity contribution is 6.31. The average molecular weight is 351 g/mol. The molecule has 4 rings (SSSR count). The van der Waals surface area contributed by atoms with Crippen LogP contribution in [0, 0.1) is 0 Å². The van der Waals surface area contributed by atoms with Crippen LogP contribution >= 0.6 is 11.6 Å². The number of aromatic nitrogens is 3. The number of pyridine rings is 3. The van der Waals surface area contributed by atoms with Gasteiger partial charge in [-0.1, -0.05) is 11.6 Å². The Balaban J connectivity index is 1.48. The first kappa shape index (κ1) is 16.2. The molecule has 3 aromatic heterocycles. The third-order valence-electron chi connectivity index (χ3n) is 4.75. The van der Waals surface area contributed by atoms with Crippen molar-refractivity contribution in [1.82, 2.24) is 19.9 Å². The smallest absolute Gasteiger partial charge is 0.0705 e. The van der Waals surface area contributed by atoms with Crippen LogP contribution in [-0.4, -0.2) is 32.9 Å². The largest absolute Gasteiger partial charge is 0.298 e. The van der Waals surface area contributed by atoms with E-state index >= 15 is 0 Å². The minimum absolute atomic E-state index is 0.532. The van der Waals surface area contributed by atoms with Gasteiger partial charge in [0.2, 0.25) is 0 Å². The highest BCUT2D eigenvalue weighted by Gasteiger charge is 2.24. The molecule has 0 aromatic carbocycles. The van der Waals surface area contributed by atoms with Crippen molar-refractivity contribution >= 4 is 11.6 Å². The number of likely N-dealkylation sites (tertiary alicyclic amines) is 1. The van der Waals surface area contributed by atoms with Crippen molar-refractivity contribution in [3.8, 4) is 11.3 Å². The van der Waals surface area contributed by atoms with Crippen molar-refractivity contribution in [2.24, 2.45) is 0 Å². The molecule has 0 bridgehead atoms. The Morgan fingerprint density at radius 3 is 2.72 bits per heavy atom. The van der Waals surface area contributed by atoms with Crippen molar-refractivity contribution in [2.45, 2.75) is 18.9 Å². The third-order valence-corrected chi connectivity index (χ3v) is 5.09. The molecule has 1 fully saturated rings. The average Bonchev–Trinajstić information content (AvgIpc) is 3.13. The quantitative estimate of drug-likeness (QED) is 0.707. The molecule has 0 unspecified atom stereocenters. The first-order valence-electron chi connectivity index (χ1n) is 8.47. The predicted molar refractivity (Wildman–Crippen MR) is 99.4 cm³/mol. The van der Waals surface area contributed by atoms with E-state index in [1.54, 1.807) is 24.8 Å². The number of nitrogens with zero attached hydrogens (tertiary/aromatic N) is 4. The molecule has 1 aliphatic rings. The van der Waals surface area contributed by atoms with E-state index in [0.717, 1.165) is 47.9 Å². The van der Waals surface area contributed by atoms with E-state index in [0.29, 0.717) is 5.92 Å². The van der Waals surface area contributed by atoms with Gasteiger partial charge in [0.25, 0.3) is 0 Å². The van der Waals surface area contributed by atoms with Gasteiger partial charge in [0.15, 0.2) is 0 Å². The standard InChI is InChI=1S/C20H19ClN4/c21-19-12-23-8-3-18(19)14-25-10-5-17(13-25)16-4-9-24-20(11-16)15-1-6-22-7-2-15/h1-4,6-9,11-12,17H,5,10,13-14H2/t17-/m0/s1. The van der Waals surface area contributed by atoms with Gasteiger partial charge < -0.3 is 0 Å². The summed E-state index contributed by atoms with van der Waals surface area (Å²) < 4.78 is 0. The lowest BCUT2D eigenvalue weighted by molar-refractivity contribution is 0.327. The third kappa shape index (κ3) is 3.70. The fourth-order valence-corrected chi connectivity index (χ4v) is 3.58. The van der Waals surface area contributed by atoms with E-state index < -0.39 is 0 Å². The minimum atomic E-state index is 0.532. The Bertz CT molecular complexity index is 853. The predicted octanol–water partition coefficient (Wildman–Crippen LogP) is 4.18. The molecule has 1 saturated heterocycles. The van der Waals surface area contributed by atoms with Gasteiger partial charge in [0, 0.05) is 49.6 Å². The van der Waals surface area contributed by atoms with Crippen molar-refractivity contribution in [3.05, 3.63) is 77.5 Å². The molecular formula is C20H19ClN4.